The van der Waals surface area contributed by atoms with Crippen LogP contribution in [-0.4, -0.2) is 68.6 Å². The van der Waals surface area contributed by atoms with Crippen LogP contribution in [0.15, 0.2) is 0 Å². The molecule has 114 valence electrons. The van der Waals surface area contributed by atoms with Gasteiger partial charge in [-0.15, -0.1) is 0 Å². The number of carbonyl (C=O) groups excluding carboxylic acids is 2. The van der Waals surface area contributed by atoms with Crippen LogP contribution in [0.25, 0.3) is 0 Å². The van der Waals surface area contributed by atoms with E-state index in [0.717, 1.165) is 0 Å². The normalized spacial score (nSPS) is 13.1. The summed E-state index contributed by atoms with van der Waals surface area (Å²) in [5, 5.41) is 21.7. The van der Waals surface area contributed by atoms with Gasteiger partial charge in [-0.05, 0) is 0 Å². The fraction of sp³-hybridized carbons (Fsp3) is 0.600. The number of rotatable bonds is 9. The van der Waals surface area contributed by atoms with E-state index in [4.69, 9.17) is 15.9 Å². The Morgan fingerprint density at radius 2 is 1.80 bits per heavy atom. The zero-order chi connectivity index (χ0) is 15.7. The van der Waals surface area contributed by atoms with Gasteiger partial charge in [-0.25, -0.2) is 0 Å². The van der Waals surface area contributed by atoms with Gasteiger partial charge < -0.3 is 0 Å². The Labute approximate surface area is 123 Å². The summed E-state index contributed by atoms with van der Waals surface area (Å²) in [7, 11) is 0. The van der Waals surface area contributed by atoms with E-state index in [1.807, 2.05) is 0 Å². The topological polar surface area (TPSA) is 159 Å². The Morgan fingerprint density at radius 3 is 2.25 bits per heavy atom. The van der Waals surface area contributed by atoms with Gasteiger partial charge >= 0.3 is 122 Å². The average molecular weight is 354 g/mol. The Bertz CT molecular complexity index is 389. The molecule has 0 aliphatic rings. The molecule has 6 N–H and O–H groups in total. The molecule has 20 heavy (non-hydrogen) atoms. The summed E-state index contributed by atoms with van der Waals surface area (Å²) in [6, 6.07) is -2.03. The Morgan fingerprint density at radius 1 is 1.20 bits per heavy atom. The molecule has 0 aromatic carbocycles. The molecule has 0 rings (SSSR count). The molecule has 0 aliphatic carbocycles. The summed E-state index contributed by atoms with van der Waals surface area (Å²) in [4.78, 5) is 43.8. The molecule has 0 bridgehead atoms. The number of aliphatic carboxylic acids is 2. The zero-order valence-corrected chi connectivity index (χ0v) is 12.4. The molecule has 9 nitrogen and oxygen atoms in total. The standard InChI is InChI=1S/C10H17N3O6Se/c11-5(10(18)19)1-2-7(14)13-6(4-20)9(17)12-3-8(15)16/h5-6,20H,1-4,11H2,(H,12,17)(H,13,14)(H,15,16)(H,18,19)/t5-,6-/m0/s1. The third-order valence-corrected chi connectivity index (χ3v) is 3.01. The van der Waals surface area contributed by atoms with Crippen LogP contribution in [0, 0.1) is 0 Å². The number of nitrogens with two attached hydrogens (primary N) is 1. The molecule has 0 heterocycles. The molecular formula is C10H17N3O6Se. The van der Waals surface area contributed by atoms with Gasteiger partial charge in [0.25, 0.3) is 0 Å². The molecular weight excluding hydrogens is 337 g/mol. The molecule has 0 radical (unpaired) electrons. The predicted molar refractivity (Wildman–Crippen MR) is 69.4 cm³/mol. The first-order valence-electron chi connectivity index (χ1n) is 5.66. The van der Waals surface area contributed by atoms with Gasteiger partial charge in [-0.3, -0.25) is 0 Å². The molecule has 0 saturated carbocycles. The van der Waals surface area contributed by atoms with E-state index < -0.39 is 42.4 Å². The van der Waals surface area contributed by atoms with Gasteiger partial charge in [-0.1, -0.05) is 0 Å². The van der Waals surface area contributed by atoms with Gasteiger partial charge in [-0.2, -0.15) is 0 Å². The predicted octanol–water partition coefficient (Wildman–Crippen LogP) is -2.82. The van der Waals surface area contributed by atoms with Gasteiger partial charge in [0.2, 0.25) is 0 Å². The average Bonchev–Trinajstić information content (AvgIpc) is 2.38. The summed E-state index contributed by atoms with van der Waals surface area (Å²) in [5.74, 6) is -3.55. The van der Waals surface area contributed by atoms with Crippen molar-refractivity contribution in [2.75, 3.05) is 6.54 Å². The van der Waals surface area contributed by atoms with Gasteiger partial charge in [0.1, 0.15) is 0 Å². The molecule has 0 spiro atoms. The monoisotopic (exact) mass is 355 g/mol. The van der Waals surface area contributed by atoms with Crippen molar-refractivity contribution in [1.82, 2.24) is 10.6 Å². The molecule has 2 atom stereocenters. The SMILES string of the molecule is N[C@@H](CCC(=O)N[C@@H](C[SeH])C(=O)NCC(=O)O)C(=O)O. The molecule has 0 aromatic rings. The van der Waals surface area contributed by atoms with Crippen molar-refractivity contribution in [2.24, 2.45) is 5.73 Å². The van der Waals surface area contributed by atoms with Gasteiger partial charge in [0.05, 0.1) is 0 Å². The Kier molecular flexibility index (Phi) is 8.53. The molecule has 0 unspecified atom stereocenters. The van der Waals surface area contributed by atoms with Crippen LogP contribution in [0.2, 0.25) is 5.32 Å². The van der Waals surface area contributed by atoms with E-state index in [0.29, 0.717) is 0 Å². The number of carboxylic acid groups (broad SMARTS) is 2. The van der Waals surface area contributed by atoms with E-state index in [-0.39, 0.29) is 18.2 Å². The summed E-state index contributed by atoms with van der Waals surface area (Å²) in [6.45, 7) is -0.540. The van der Waals surface area contributed by atoms with Crippen LogP contribution in [0.4, 0.5) is 0 Å². The quantitative estimate of drug-likeness (QED) is 0.279. The van der Waals surface area contributed by atoms with Crippen molar-refractivity contribution >= 4 is 39.8 Å². The molecule has 10 heteroatoms. The zero-order valence-electron chi connectivity index (χ0n) is 10.5. The fourth-order valence-corrected chi connectivity index (χ4v) is 1.70. The Hall–Kier alpha value is -1.64. The van der Waals surface area contributed by atoms with Crippen molar-refractivity contribution in [3.05, 3.63) is 0 Å². The van der Waals surface area contributed by atoms with Gasteiger partial charge in [0.15, 0.2) is 0 Å². The van der Waals surface area contributed by atoms with Crippen LogP contribution in [0.3, 0.4) is 0 Å². The van der Waals surface area contributed by atoms with E-state index in [1.54, 1.807) is 0 Å². The summed E-state index contributed by atoms with van der Waals surface area (Å²) in [6.07, 6.45) is -0.188. The number of amides is 2. The van der Waals surface area contributed by atoms with Gasteiger partial charge in [0, 0.05) is 0 Å². The number of hydrogen-bond acceptors (Lipinski definition) is 5. The minimum atomic E-state index is -1.21. The van der Waals surface area contributed by atoms with Crippen molar-refractivity contribution in [2.45, 2.75) is 30.2 Å². The van der Waals surface area contributed by atoms with Crippen LogP contribution >= 0.6 is 0 Å². The van der Waals surface area contributed by atoms with Crippen molar-refractivity contribution in [3.8, 4) is 0 Å². The summed E-state index contributed by atoms with van der Waals surface area (Å²) in [5.41, 5.74) is 5.24. The number of carboxylic acids is 2. The van der Waals surface area contributed by atoms with Crippen LogP contribution in [-0.2, 0) is 19.2 Å². The molecule has 2 amide bonds. The summed E-state index contributed by atoms with van der Waals surface area (Å²) < 4.78 is 0. The van der Waals surface area contributed by atoms with E-state index in [1.165, 1.54) is 0 Å². The third kappa shape index (κ3) is 7.72. The molecule has 0 saturated heterocycles. The summed E-state index contributed by atoms with van der Waals surface area (Å²) >= 11 is 2.10. The first-order valence-corrected chi connectivity index (χ1v) is 6.98. The fourth-order valence-electron chi connectivity index (χ4n) is 1.16. The molecule has 0 aromatic heterocycles. The van der Waals surface area contributed by atoms with Crippen LogP contribution < -0.4 is 16.4 Å². The second-order valence-electron chi connectivity index (χ2n) is 3.90. The van der Waals surface area contributed by atoms with Crippen LogP contribution in [0.5, 0.6) is 0 Å². The third-order valence-electron chi connectivity index (χ3n) is 2.25. The van der Waals surface area contributed by atoms with E-state index >= 15 is 0 Å². The number of hydrogen-bond donors (Lipinski definition) is 5. The van der Waals surface area contributed by atoms with E-state index in [2.05, 4.69) is 26.6 Å². The number of carbonyl (C=O) groups is 4. The maximum atomic E-state index is 11.5. The number of nitrogens with one attached hydrogen (secondary N) is 2. The van der Waals surface area contributed by atoms with Crippen molar-refractivity contribution in [1.29, 1.82) is 0 Å². The molecule has 0 aliphatic heterocycles. The second kappa shape index (κ2) is 9.29. The Balaban J connectivity index is 4.21. The van der Waals surface area contributed by atoms with E-state index in [9.17, 15) is 19.2 Å². The minimum absolute atomic E-state index is 0.0524. The van der Waals surface area contributed by atoms with Crippen molar-refractivity contribution < 1.29 is 29.4 Å². The molecule has 0 fully saturated rings. The second-order valence-corrected chi connectivity index (χ2v) is 4.66. The first-order chi connectivity index (χ1) is 9.27. The first kappa shape index (κ1) is 18.4. The van der Waals surface area contributed by atoms with Crippen molar-refractivity contribution in [3.63, 3.8) is 0 Å². The maximum absolute atomic E-state index is 11.5. The van der Waals surface area contributed by atoms with Crippen LogP contribution in [0.1, 0.15) is 12.8 Å².